The number of rotatable bonds is 12. The number of benzene rings is 2. The summed E-state index contributed by atoms with van der Waals surface area (Å²) in [6.45, 7) is 4.05. The summed E-state index contributed by atoms with van der Waals surface area (Å²) in [5.74, 6) is 1.64. The van der Waals surface area contributed by atoms with Crippen LogP contribution in [-0.4, -0.2) is 46.5 Å². The topological polar surface area (TPSA) is 64.1 Å². The molecular formula is C22H31N3O3. The van der Waals surface area contributed by atoms with Gasteiger partial charge >= 0.3 is 0 Å². The molecule has 0 spiro atoms. The molecule has 2 N–H and O–H groups in total. The molecule has 0 aliphatic heterocycles. The molecule has 2 rings (SSSR count). The summed E-state index contributed by atoms with van der Waals surface area (Å²) in [4.78, 5) is 4.24. The van der Waals surface area contributed by atoms with Crippen molar-refractivity contribution < 1.29 is 14.2 Å². The largest absolute Gasteiger partial charge is 0.489 e. The second kappa shape index (κ2) is 13.6. The Balaban J connectivity index is 1.64. The average molecular weight is 386 g/mol. The van der Waals surface area contributed by atoms with E-state index in [1.54, 1.807) is 14.2 Å². The maximum absolute atomic E-state index is 5.82. The van der Waals surface area contributed by atoms with Gasteiger partial charge in [0.15, 0.2) is 5.96 Å². The summed E-state index contributed by atoms with van der Waals surface area (Å²) in [6, 6.07) is 18.3. The van der Waals surface area contributed by atoms with Gasteiger partial charge in [0.25, 0.3) is 0 Å². The Morgan fingerprint density at radius 3 is 2.39 bits per heavy atom. The van der Waals surface area contributed by atoms with Crippen molar-refractivity contribution in [2.45, 2.75) is 19.6 Å². The van der Waals surface area contributed by atoms with E-state index >= 15 is 0 Å². The third-order valence-electron chi connectivity index (χ3n) is 4.04. The van der Waals surface area contributed by atoms with Gasteiger partial charge in [-0.25, -0.2) is 0 Å². The van der Waals surface area contributed by atoms with Crippen LogP contribution in [0.3, 0.4) is 0 Å². The van der Waals surface area contributed by atoms with E-state index in [1.807, 2.05) is 30.3 Å². The van der Waals surface area contributed by atoms with Crippen molar-refractivity contribution in [3.05, 3.63) is 65.7 Å². The third kappa shape index (κ3) is 8.88. The predicted molar refractivity (Wildman–Crippen MR) is 113 cm³/mol. The van der Waals surface area contributed by atoms with E-state index in [0.29, 0.717) is 33.0 Å². The zero-order chi connectivity index (χ0) is 19.9. The molecule has 2 aromatic carbocycles. The number of aliphatic imine (C=N–C) groups is 1. The summed E-state index contributed by atoms with van der Waals surface area (Å²) in [7, 11) is 3.44. The highest BCUT2D eigenvalue weighted by atomic mass is 16.5. The quantitative estimate of drug-likeness (QED) is 0.334. The van der Waals surface area contributed by atoms with Crippen LogP contribution in [0.2, 0.25) is 0 Å². The van der Waals surface area contributed by atoms with Crippen molar-refractivity contribution in [3.63, 3.8) is 0 Å². The molecule has 0 saturated heterocycles. The molecule has 28 heavy (non-hydrogen) atoms. The molecule has 0 aliphatic carbocycles. The minimum absolute atomic E-state index is 0.574. The second-order valence-electron chi connectivity index (χ2n) is 6.23. The second-order valence-corrected chi connectivity index (χ2v) is 6.23. The third-order valence-corrected chi connectivity index (χ3v) is 4.04. The van der Waals surface area contributed by atoms with E-state index in [4.69, 9.17) is 14.2 Å². The highest BCUT2D eigenvalue weighted by Gasteiger charge is 2.00. The van der Waals surface area contributed by atoms with Gasteiger partial charge in [-0.15, -0.1) is 0 Å². The SMILES string of the molecule is CN=C(NCCCOCCOC)NCc1ccc(OCc2ccccc2)cc1. The fourth-order valence-corrected chi connectivity index (χ4v) is 2.48. The predicted octanol–water partition coefficient (Wildman–Crippen LogP) is 2.98. The molecule has 0 aliphatic rings. The Bertz CT molecular complexity index is 675. The van der Waals surface area contributed by atoms with Gasteiger partial charge in [-0.1, -0.05) is 42.5 Å². The maximum atomic E-state index is 5.82. The Morgan fingerprint density at radius 1 is 0.893 bits per heavy atom. The van der Waals surface area contributed by atoms with Gasteiger partial charge in [0.1, 0.15) is 12.4 Å². The molecule has 0 heterocycles. The smallest absolute Gasteiger partial charge is 0.191 e. The number of ether oxygens (including phenoxy) is 3. The molecule has 0 amide bonds. The van der Waals surface area contributed by atoms with Gasteiger partial charge in [0.2, 0.25) is 0 Å². The van der Waals surface area contributed by atoms with Crippen LogP contribution < -0.4 is 15.4 Å². The Labute approximate surface area is 167 Å². The van der Waals surface area contributed by atoms with Crippen molar-refractivity contribution in [2.24, 2.45) is 4.99 Å². The van der Waals surface area contributed by atoms with Crippen LogP contribution in [-0.2, 0) is 22.6 Å². The lowest BCUT2D eigenvalue weighted by Gasteiger charge is -2.12. The lowest BCUT2D eigenvalue weighted by molar-refractivity contribution is 0.0698. The summed E-state index contributed by atoms with van der Waals surface area (Å²) in [5.41, 5.74) is 2.32. The van der Waals surface area contributed by atoms with Crippen LogP contribution in [0.5, 0.6) is 5.75 Å². The molecule has 6 nitrogen and oxygen atoms in total. The van der Waals surface area contributed by atoms with Crippen molar-refractivity contribution in [1.29, 1.82) is 0 Å². The van der Waals surface area contributed by atoms with Crippen LogP contribution in [0.15, 0.2) is 59.6 Å². The molecule has 2 aromatic rings. The van der Waals surface area contributed by atoms with E-state index in [0.717, 1.165) is 35.8 Å². The maximum Gasteiger partial charge on any atom is 0.191 e. The molecule has 0 saturated carbocycles. The van der Waals surface area contributed by atoms with Gasteiger partial charge < -0.3 is 24.8 Å². The monoisotopic (exact) mass is 385 g/mol. The van der Waals surface area contributed by atoms with Crippen LogP contribution >= 0.6 is 0 Å². The van der Waals surface area contributed by atoms with E-state index in [2.05, 4.69) is 39.9 Å². The van der Waals surface area contributed by atoms with Gasteiger partial charge in [-0.3, -0.25) is 4.99 Å². The van der Waals surface area contributed by atoms with E-state index in [1.165, 1.54) is 0 Å². The number of guanidine groups is 1. The molecule has 0 aromatic heterocycles. The number of methoxy groups -OCH3 is 1. The summed E-state index contributed by atoms with van der Waals surface area (Å²) in [5, 5.41) is 6.59. The van der Waals surface area contributed by atoms with Crippen LogP contribution in [0.1, 0.15) is 17.5 Å². The number of nitrogens with one attached hydrogen (secondary N) is 2. The lowest BCUT2D eigenvalue weighted by Crippen LogP contribution is -2.37. The number of nitrogens with zero attached hydrogens (tertiary/aromatic N) is 1. The number of hydrogen-bond donors (Lipinski definition) is 2. The van der Waals surface area contributed by atoms with Crippen molar-refractivity contribution in [1.82, 2.24) is 10.6 Å². The van der Waals surface area contributed by atoms with Crippen molar-refractivity contribution in [2.75, 3.05) is 40.5 Å². The fourth-order valence-electron chi connectivity index (χ4n) is 2.48. The van der Waals surface area contributed by atoms with Crippen LogP contribution in [0.25, 0.3) is 0 Å². The van der Waals surface area contributed by atoms with Crippen LogP contribution in [0, 0.1) is 0 Å². The zero-order valence-corrected chi connectivity index (χ0v) is 16.8. The van der Waals surface area contributed by atoms with Gasteiger partial charge in [0.05, 0.1) is 13.2 Å². The highest BCUT2D eigenvalue weighted by molar-refractivity contribution is 5.79. The summed E-state index contributed by atoms with van der Waals surface area (Å²) in [6.07, 6.45) is 0.915. The first-order chi connectivity index (χ1) is 13.8. The molecule has 152 valence electrons. The molecular weight excluding hydrogens is 354 g/mol. The van der Waals surface area contributed by atoms with Crippen molar-refractivity contribution >= 4 is 5.96 Å². The first kappa shape index (κ1) is 21.7. The molecule has 6 heteroatoms. The minimum atomic E-state index is 0.574. The van der Waals surface area contributed by atoms with E-state index in [9.17, 15) is 0 Å². The van der Waals surface area contributed by atoms with Gasteiger partial charge in [0, 0.05) is 33.9 Å². The molecule has 0 bridgehead atoms. The van der Waals surface area contributed by atoms with E-state index in [-0.39, 0.29) is 0 Å². The van der Waals surface area contributed by atoms with Gasteiger partial charge in [-0.2, -0.15) is 0 Å². The Hall–Kier alpha value is -2.57. The lowest BCUT2D eigenvalue weighted by atomic mass is 10.2. The highest BCUT2D eigenvalue weighted by Crippen LogP contribution is 2.14. The first-order valence-electron chi connectivity index (χ1n) is 9.58. The number of hydrogen-bond acceptors (Lipinski definition) is 4. The average Bonchev–Trinajstić information content (AvgIpc) is 2.75. The normalized spacial score (nSPS) is 11.3. The van der Waals surface area contributed by atoms with Gasteiger partial charge in [-0.05, 0) is 29.7 Å². The fraction of sp³-hybridized carbons (Fsp3) is 0.409. The molecule has 0 radical (unpaired) electrons. The summed E-state index contributed by atoms with van der Waals surface area (Å²) >= 11 is 0. The van der Waals surface area contributed by atoms with E-state index < -0.39 is 0 Å². The van der Waals surface area contributed by atoms with Crippen LogP contribution in [0.4, 0.5) is 0 Å². The first-order valence-corrected chi connectivity index (χ1v) is 9.58. The van der Waals surface area contributed by atoms with Crippen molar-refractivity contribution in [3.8, 4) is 5.75 Å². The summed E-state index contributed by atoms with van der Waals surface area (Å²) < 4.78 is 16.2. The zero-order valence-electron chi connectivity index (χ0n) is 16.8. The Kier molecular flexibility index (Phi) is 10.5. The Morgan fingerprint density at radius 2 is 1.68 bits per heavy atom. The standard InChI is InChI=1S/C22H31N3O3/c1-23-22(24-13-6-14-27-16-15-26-2)25-17-19-9-11-21(12-10-19)28-18-20-7-4-3-5-8-20/h3-5,7-12H,6,13-18H2,1-2H3,(H2,23,24,25). The molecule has 0 unspecified atom stereocenters. The molecule has 0 atom stereocenters. The molecule has 0 fully saturated rings. The minimum Gasteiger partial charge on any atom is -0.489 e.